The number of nitrogens with one attached hydrogen (secondary N) is 1. The van der Waals surface area contributed by atoms with Crippen LogP contribution in [0.3, 0.4) is 0 Å². The second-order valence-electron chi connectivity index (χ2n) is 6.07. The lowest BCUT2D eigenvalue weighted by molar-refractivity contribution is 0.554. The first-order valence-electron chi connectivity index (χ1n) is 8.22. The van der Waals surface area contributed by atoms with Crippen LogP contribution in [0.2, 0.25) is 0 Å². The number of likely N-dealkylation sites (N-methyl/N-ethyl adjacent to an activating group) is 1. The predicted molar refractivity (Wildman–Crippen MR) is 88.1 cm³/mol. The van der Waals surface area contributed by atoms with Crippen molar-refractivity contribution in [2.24, 2.45) is 0 Å². The Morgan fingerprint density at radius 2 is 1.85 bits per heavy atom. The lowest BCUT2D eigenvalue weighted by Crippen LogP contribution is -2.23. The third-order valence-corrected chi connectivity index (χ3v) is 4.47. The van der Waals surface area contributed by atoms with Gasteiger partial charge in [-0.1, -0.05) is 49.6 Å². The lowest BCUT2D eigenvalue weighted by atomic mass is 9.89. The Morgan fingerprint density at radius 3 is 2.60 bits per heavy atom. The molecule has 0 aromatic heterocycles. The van der Waals surface area contributed by atoms with Crippen LogP contribution in [0.4, 0.5) is 0 Å². The van der Waals surface area contributed by atoms with Crippen molar-refractivity contribution < 1.29 is 0 Å². The quantitative estimate of drug-likeness (QED) is 0.739. The molecule has 0 fully saturated rings. The van der Waals surface area contributed by atoms with Crippen LogP contribution in [-0.2, 0) is 0 Å². The molecule has 0 radical (unpaired) electrons. The van der Waals surface area contributed by atoms with Crippen molar-refractivity contribution in [2.75, 3.05) is 6.54 Å². The van der Waals surface area contributed by atoms with Gasteiger partial charge in [-0.25, -0.2) is 0 Å². The molecule has 1 aliphatic carbocycles. The Balaban J connectivity index is 2.26. The highest BCUT2D eigenvalue weighted by Gasteiger charge is 2.16. The summed E-state index contributed by atoms with van der Waals surface area (Å²) in [4.78, 5) is 0. The fourth-order valence-electron chi connectivity index (χ4n) is 3.09. The van der Waals surface area contributed by atoms with E-state index in [1.807, 2.05) is 0 Å². The SMILES string of the molecule is CCNC(/C1=C/CCCCCC1)c1ccc(C)c(C)c1. The third-order valence-electron chi connectivity index (χ3n) is 4.47. The molecular formula is C19H29N. The van der Waals surface area contributed by atoms with Gasteiger partial charge >= 0.3 is 0 Å². The molecule has 1 aliphatic rings. The van der Waals surface area contributed by atoms with Crippen LogP contribution >= 0.6 is 0 Å². The van der Waals surface area contributed by atoms with E-state index in [1.54, 1.807) is 5.57 Å². The molecule has 1 aromatic carbocycles. The Hall–Kier alpha value is -1.08. The predicted octanol–water partition coefficient (Wildman–Crippen LogP) is 5.23. The maximum absolute atomic E-state index is 3.70. The number of benzene rings is 1. The van der Waals surface area contributed by atoms with Crippen LogP contribution in [0.15, 0.2) is 29.8 Å². The van der Waals surface area contributed by atoms with Crippen molar-refractivity contribution in [3.63, 3.8) is 0 Å². The molecule has 20 heavy (non-hydrogen) atoms. The molecule has 0 aliphatic heterocycles. The van der Waals surface area contributed by atoms with Crippen LogP contribution in [-0.4, -0.2) is 6.54 Å². The van der Waals surface area contributed by atoms with Crippen molar-refractivity contribution in [1.29, 1.82) is 0 Å². The van der Waals surface area contributed by atoms with Gasteiger partial charge in [0.15, 0.2) is 0 Å². The second kappa shape index (κ2) is 7.64. The highest BCUT2D eigenvalue weighted by Crippen LogP contribution is 2.29. The topological polar surface area (TPSA) is 12.0 Å². The highest BCUT2D eigenvalue weighted by molar-refractivity contribution is 5.35. The lowest BCUT2D eigenvalue weighted by Gasteiger charge is -2.24. The standard InChI is InChI=1S/C19H29N/c1-4-20-19(17-10-8-6-5-7-9-11-17)18-13-12-15(2)16(3)14-18/h10,12-14,19-20H,4-9,11H2,1-3H3/b17-10+. The van der Waals surface area contributed by atoms with Gasteiger partial charge in [-0.3, -0.25) is 0 Å². The van der Waals surface area contributed by atoms with Crippen LogP contribution < -0.4 is 5.32 Å². The maximum atomic E-state index is 3.70. The van der Waals surface area contributed by atoms with E-state index < -0.39 is 0 Å². The van der Waals surface area contributed by atoms with Crippen LogP contribution in [0.5, 0.6) is 0 Å². The smallest absolute Gasteiger partial charge is 0.0536 e. The molecule has 110 valence electrons. The van der Waals surface area contributed by atoms with Crippen LogP contribution in [0.1, 0.15) is 68.2 Å². The molecular weight excluding hydrogens is 242 g/mol. The zero-order valence-corrected chi connectivity index (χ0v) is 13.3. The Morgan fingerprint density at radius 1 is 1.05 bits per heavy atom. The van der Waals surface area contributed by atoms with Gasteiger partial charge in [0.1, 0.15) is 0 Å². The molecule has 1 N–H and O–H groups in total. The molecule has 1 nitrogen and oxygen atoms in total. The highest BCUT2D eigenvalue weighted by atomic mass is 14.9. The van der Waals surface area contributed by atoms with Gasteiger partial charge in [-0.2, -0.15) is 0 Å². The molecule has 1 unspecified atom stereocenters. The van der Waals surface area contributed by atoms with Gasteiger partial charge in [-0.15, -0.1) is 0 Å². The number of hydrogen-bond acceptors (Lipinski definition) is 1. The average molecular weight is 271 g/mol. The molecule has 1 aromatic rings. The molecule has 0 heterocycles. The van der Waals surface area contributed by atoms with Gasteiger partial charge in [0.05, 0.1) is 6.04 Å². The van der Waals surface area contributed by atoms with Gasteiger partial charge in [0.25, 0.3) is 0 Å². The van der Waals surface area contributed by atoms with E-state index >= 15 is 0 Å². The minimum absolute atomic E-state index is 0.414. The number of hydrogen-bond donors (Lipinski definition) is 1. The summed E-state index contributed by atoms with van der Waals surface area (Å²) in [6.07, 6.45) is 10.5. The number of allylic oxidation sites excluding steroid dienone is 1. The Bertz CT molecular complexity index is 459. The van der Waals surface area contributed by atoms with Crippen molar-refractivity contribution in [3.8, 4) is 0 Å². The maximum Gasteiger partial charge on any atom is 0.0536 e. The third kappa shape index (κ3) is 3.96. The first kappa shape index (κ1) is 15.3. The summed E-state index contributed by atoms with van der Waals surface area (Å²) in [6, 6.07) is 7.34. The van der Waals surface area contributed by atoms with Gasteiger partial charge in [0.2, 0.25) is 0 Å². The summed E-state index contributed by atoms with van der Waals surface area (Å²) in [6.45, 7) is 7.64. The largest absolute Gasteiger partial charge is 0.307 e. The van der Waals surface area contributed by atoms with E-state index in [9.17, 15) is 0 Å². The van der Waals surface area contributed by atoms with Gasteiger partial charge in [0, 0.05) is 0 Å². The molecule has 0 bridgehead atoms. The molecule has 1 heteroatoms. The second-order valence-corrected chi connectivity index (χ2v) is 6.07. The van der Waals surface area contributed by atoms with Crippen molar-refractivity contribution in [3.05, 3.63) is 46.5 Å². The molecule has 0 saturated carbocycles. The molecule has 0 spiro atoms. The first-order chi connectivity index (χ1) is 9.72. The zero-order chi connectivity index (χ0) is 14.4. The first-order valence-corrected chi connectivity index (χ1v) is 8.22. The van der Waals surface area contributed by atoms with E-state index in [4.69, 9.17) is 0 Å². The number of rotatable bonds is 4. The average Bonchev–Trinajstić information content (AvgIpc) is 2.40. The van der Waals surface area contributed by atoms with E-state index in [1.165, 1.54) is 55.2 Å². The molecule has 0 saturated heterocycles. The summed E-state index contributed by atoms with van der Waals surface area (Å²) in [5.41, 5.74) is 5.82. The van der Waals surface area contributed by atoms with E-state index in [2.05, 4.69) is 50.4 Å². The molecule has 2 rings (SSSR count). The monoisotopic (exact) mass is 271 g/mol. The fourth-order valence-corrected chi connectivity index (χ4v) is 3.09. The van der Waals surface area contributed by atoms with E-state index in [0.717, 1.165) is 6.54 Å². The summed E-state index contributed by atoms with van der Waals surface area (Å²) in [5.74, 6) is 0. The Labute approximate surface area is 124 Å². The van der Waals surface area contributed by atoms with Gasteiger partial charge in [-0.05, 0) is 62.8 Å². The summed E-state index contributed by atoms with van der Waals surface area (Å²) >= 11 is 0. The van der Waals surface area contributed by atoms with E-state index in [-0.39, 0.29) is 0 Å². The van der Waals surface area contributed by atoms with Crippen LogP contribution in [0, 0.1) is 13.8 Å². The van der Waals surface area contributed by atoms with Crippen molar-refractivity contribution in [2.45, 2.75) is 65.3 Å². The van der Waals surface area contributed by atoms with Crippen molar-refractivity contribution >= 4 is 0 Å². The summed E-state index contributed by atoms with van der Waals surface area (Å²) < 4.78 is 0. The summed E-state index contributed by atoms with van der Waals surface area (Å²) in [5, 5.41) is 3.70. The van der Waals surface area contributed by atoms with Crippen molar-refractivity contribution in [1.82, 2.24) is 5.32 Å². The normalized spacial score (nSPS) is 20.6. The zero-order valence-electron chi connectivity index (χ0n) is 13.3. The minimum atomic E-state index is 0.414. The van der Waals surface area contributed by atoms with Crippen LogP contribution in [0.25, 0.3) is 0 Å². The van der Waals surface area contributed by atoms with E-state index in [0.29, 0.717) is 6.04 Å². The van der Waals surface area contributed by atoms with Gasteiger partial charge < -0.3 is 5.32 Å². The molecule has 0 amide bonds. The Kier molecular flexibility index (Phi) is 5.85. The number of aryl methyl sites for hydroxylation is 2. The summed E-state index contributed by atoms with van der Waals surface area (Å²) in [7, 11) is 0. The molecule has 1 atom stereocenters. The minimum Gasteiger partial charge on any atom is -0.307 e. The fraction of sp³-hybridized carbons (Fsp3) is 0.579.